The molecule has 0 aliphatic heterocycles. The summed E-state index contributed by atoms with van der Waals surface area (Å²) >= 11 is 0. The first-order valence-corrected chi connectivity index (χ1v) is 9.53. The lowest BCUT2D eigenvalue weighted by Gasteiger charge is -2.23. The first-order valence-electron chi connectivity index (χ1n) is 9.53. The van der Waals surface area contributed by atoms with E-state index in [-0.39, 0.29) is 0 Å². The molecule has 0 unspecified atom stereocenters. The Labute approximate surface area is 127 Å². The molecule has 2 fully saturated rings. The van der Waals surface area contributed by atoms with Crippen molar-refractivity contribution in [1.29, 1.82) is 0 Å². The van der Waals surface area contributed by atoms with Crippen molar-refractivity contribution in [3.63, 3.8) is 0 Å². The minimum atomic E-state index is 1.04. The van der Waals surface area contributed by atoms with Crippen LogP contribution in [0.5, 0.6) is 0 Å². The average Bonchev–Trinajstić information content (AvgIpc) is 2.87. The average molecular weight is 280 g/mol. The van der Waals surface area contributed by atoms with E-state index in [0.29, 0.717) is 0 Å². The standard InChI is InChI=1S/C19H37N/c1-20(16-14-18-10-6-2-3-7-11-18)17-15-19-12-8-4-5-9-13-19/h18-19H,2-17H2,1H3. The topological polar surface area (TPSA) is 3.24 Å². The van der Waals surface area contributed by atoms with Gasteiger partial charge in [-0.25, -0.2) is 0 Å². The van der Waals surface area contributed by atoms with E-state index in [2.05, 4.69) is 11.9 Å². The summed E-state index contributed by atoms with van der Waals surface area (Å²) in [5.74, 6) is 2.08. The van der Waals surface area contributed by atoms with Gasteiger partial charge in [0.25, 0.3) is 0 Å². The van der Waals surface area contributed by atoms with E-state index in [1.54, 1.807) is 0 Å². The summed E-state index contributed by atoms with van der Waals surface area (Å²) in [5, 5.41) is 0. The normalized spacial score (nSPS) is 23.7. The van der Waals surface area contributed by atoms with E-state index in [1.807, 2.05) is 0 Å². The maximum atomic E-state index is 2.62. The van der Waals surface area contributed by atoms with Gasteiger partial charge < -0.3 is 4.90 Å². The van der Waals surface area contributed by atoms with Crippen molar-refractivity contribution in [3.8, 4) is 0 Å². The second-order valence-electron chi connectivity index (χ2n) is 7.60. The molecule has 0 aromatic rings. The van der Waals surface area contributed by atoms with E-state index < -0.39 is 0 Å². The molecule has 1 heteroatoms. The molecule has 0 heterocycles. The van der Waals surface area contributed by atoms with Crippen molar-refractivity contribution < 1.29 is 0 Å². The Bertz CT molecular complexity index is 198. The monoisotopic (exact) mass is 279 g/mol. The molecular weight excluding hydrogens is 242 g/mol. The Balaban J connectivity index is 1.55. The lowest BCUT2D eigenvalue weighted by Crippen LogP contribution is -2.24. The van der Waals surface area contributed by atoms with Gasteiger partial charge in [-0.1, -0.05) is 77.0 Å². The molecule has 1 nitrogen and oxygen atoms in total. The van der Waals surface area contributed by atoms with Crippen LogP contribution in [0.1, 0.15) is 89.9 Å². The smallest absolute Gasteiger partial charge is 0.00191 e. The Morgan fingerprint density at radius 2 is 0.950 bits per heavy atom. The first kappa shape index (κ1) is 16.3. The maximum absolute atomic E-state index is 2.62. The lowest BCUT2D eigenvalue weighted by atomic mass is 9.95. The third-order valence-corrected chi connectivity index (χ3v) is 5.79. The van der Waals surface area contributed by atoms with Crippen LogP contribution in [0.2, 0.25) is 0 Å². The summed E-state index contributed by atoms with van der Waals surface area (Å²) in [6.45, 7) is 2.69. The minimum absolute atomic E-state index is 1.04. The predicted octanol–water partition coefficient (Wildman–Crippen LogP) is 5.64. The van der Waals surface area contributed by atoms with Gasteiger partial charge in [-0.15, -0.1) is 0 Å². The fourth-order valence-corrected chi connectivity index (χ4v) is 4.22. The van der Waals surface area contributed by atoms with Crippen LogP contribution in [0.15, 0.2) is 0 Å². The van der Waals surface area contributed by atoms with Crippen molar-refractivity contribution in [2.24, 2.45) is 11.8 Å². The van der Waals surface area contributed by atoms with Gasteiger partial charge in [0.2, 0.25) is 0 Å². The largest absolute Gasteiger partial charge is 0.306 e. The quantitative estimate of drug-likeness (QED) is 0.569. The highest BCUT2D eigenvalue weighted by Crippen LogP contribution is 2.27. The molecule has 0 spiro atoms. The highest BCUT2D eigenvalue weighted by Gasteiger charge is 2.15. The summed E-state index contributed by atoms with van der Waals surface area (Å²) in [7, 11) is 2.35. The number of nitrogens with zero attached hydrogens (tertiary/aromatic N) is 1. The Hall–Kier alpha value is -0.0400. The fourth-order valence-electron chi connectivity index (χ4n) is 4.22. The molecule has 0 aromatic carbocycles. The summed E-state index contributed by atoms with van der Waals surface area (Å²) in [6, 6.07) is 0. The number of rotatable bonds is 6. The molecule has 0 bridgehead atoms. The van der Waals surface area contributed by atoms with Crippen molar-refractivity contribution in [3.05, 3.63) is 0 Å². The van der Waals surface area contributed by atoms with Crippen molar-refractivity contribution >= 4 is 0 Å². The Morgan fingerprint density at radius 3 is 1.30 bits per heavy atom. The summed E-state index contributed by atoms with van der Waals surface area (Å²) < 4.78 is 0. The zero-order valence-corrected chi connectivity index (χ0v) is 13.9. The molecule has 0 N–H and O–H groups in total. The van der Waals surface area contributed by atoms with Gasteiger partial charge in [0, 0.05) is 0 Å². The highest BCUT2D eigenvalue weighted by molar-refractivity contribution is 4.69. The summed E-state index contributed by atoms with van der Waals surface area (Å²) in [4.78, 5) is 2.62. The van der Waals surface area contributed by atoms with Gasteiger partial charge in [0.1, 0.15) is 0 Å². The molecule has 0 radical (unpaired) electrons. The molecule has 2 aliphatic carbocycles. The molecule has 118 valence electrons. The molecule has 2 rings (SSSR count). The zero-order chi connectivity index (χ0) is 14.0. The van der Waals surface area contributed by atoms with E-state index in [0.717, 1.165) is 11.8 Å². The summed E-state index contributed by atoms with van der Waals surface area (Å²) in [5.41, 5.74) is 0. The van der Waals surface area contributed by atoms with Crippen LogP contribution in [-0.4, -0.2) is 25.0 Å². The van der Waals surface area contributed by atoms with Crippen LogP contribution in [0.25, 0.3) is 0 Å². The summed E-state index contributed by atoms with van der Waals surface area (Å²) in [6.07, 6.45) is 20.9. The molecule has 2 aliphatic rings. The number of hydrogen-bond donors (Lipinski definition) is 0. The van der Waals surface area contributed by atoms with E-state index in [4.69, 9.17) is 0 Å². The first-order chi connectivity index (χ1) is 9.84. The molecule has 0 saturated heterocycles. The fraction of sp³-hybridized carbons (Fsp3) is 1.00. The van der Waals surface area contributed by atoms with Gasteiger partial charge in [-0.3, -0.25) is 0 Å². The molecule has 0 atom stereocenters. The Morgan fingerprint density at radius 1 is 0.600 bits per heavy atom. The van der Waals surface area contributed by atoms with Gasteiger partial charge in [-0.2, -0.15) is 0 Å². The minimum Gasteiger partial charge on any atom is -0.306 e. The zero-order valence-electron chi connectivity index (χ0n) is 13.9. The number of hydrogen-bond acceptors (Lipinski definition) is 1. The molecule has 0 amide bonds. The van der Waals surface area contributed by atoms with Crippen LogP contribution in [-0.2, 0) is 0 Å². The second kappa shape index (κ2) is 9.82. The molecule has 2 saturated carbocycles. The maximum Gasteiger partial charge on any atom is -0.00191 e. The van der Waals surface area contributed by atoms with Gasteiger partial charge in [0.15, 0.2) is 0 Å². The lowest BCUT2D eigenvalue weighted by molar-refractivity contribution is 0.261. The SMILES string of the molecule is CN(CCC1CCCCCC1)CCC1CCCCCC1. The molecule has 20 heavy (non-hydrogen) atoms. The van der Waals surface area contributed by atoms with Gasteiger partial charge in [-0.05, 0) is 44.8 Å². The van der Waals surface area contributed by atoms with Crippen molar-refractivity contribution in [2.75, 3.05) is 20.1 Å². The third-order valence-electron chi connectivity index (χ3n) is 5.79. The van der Waals surface area contributed by atoms with Crippen molar-refractivity contribution in [1.82, 2.24) is 4.90 Å². The van der Waals surface area contributed by atoms with Gasteiger partial charge >= 0.3 is 0 Å². The van der Waals surface area contributed by atoms with Gasteiger partial charge in [0.05, 0.1) is 0 Å². The van der Waals surface area contributed by atoms with Crippen LogP contribution < -0.4 is 0 Å². The van der Waals surface area contributed by atoms with E-state index in [9.17, 15) is 0 Å². The van der Waals surface area contributed by atoms with E-state index >= 15 is 0 Å². The highest BCUT2D eigenvalue weighted by atomic mass is 15.1. The van der Waals surface area contributed by atoms with Crippen molar-refractivity contribution in [2.45, 2.75) is 89.9 Å². The van der Waals surface area contributed by atoms with E-state index in [1.165, 1.54) is 103 Å². The predicted molar refractivity (Wildman–Crippen MR) is 89.1 cm³/mol. The third kappa shape index (κ3) is 6.61. The van der Waals surface area contributed by atoms with Crippen LogP contribution in [0.3, 0.4) is 0 Å². The molecular formula is C19H37N. The van der Waals surface area contributed by atoms with Crippen LogP contribution in [0.4, 0.5) is 0 Å². The Kier molecular flexibility index (Phi) is 8.02. The van der Waals surface area contributed by atoms with Crippen LogP contribution in [0, 0.1) is 11.8 Å². The second-order valence-corrected chi connectivity index (χ2v) is 7.60. The van der Waals surface area contributed by atoms with Crippen LogP contribution >= 0.6 is 0 Å². The molecule has 0 aromatic heterocycles.